The van der Waals surface area contributed by atoms with E-state index >= 15 is 0 Å². The van der Waals surface area contributed by atoms with Crippen molar-refractivity contribution in [2.24, 2.45) is 0 Å². The molecule has 4 nitrogen and oxygen atoms in total. The summed E-state index contributed by atoms with van der Waals surface area (Å²) in [6.45, 7) is 4.37. The minimum atomic E-state index is -0.573. The minimum absolute atomic E-state index is 0.117. The summed E-state index contributed by atoms with van der Waals surface area (Å²) in [4.78, 5) is 6.31. The fourth-order valence-electron chi connectivity index (χ4n) is 2.62. The van der Waals surface area contributed by atoms with E-state index in [2.05, 4.69) is 22.1 Å². The van der Waals surface area contributed by atoms with E-state index in [0.29, 0.717) is 22.4 Å². The number of ether oxygens (including phenoxy) is 1. The van der Waals surface area contributed by atoms with Crippen LogP contribution in [0.15, 0.2) is 30.3 Å². The van der Waals surface area contributed by atoms with E-state index in [4.69, 9.17) is 16.3 Å². The molecule has 1 N–H and O–H groups in total. The maximum atomic E-state index is 13.9. The molecule has 1 aromatic heterocycles. The van der Waals surface area contributed by atoms with Gasteiger partial charge in [-0.3, -0.25) is 0 Å². The number of piperazine rings is 1. The summed E-state index contributed by atoms with van der Waals surface area (Å²) in [5.41, 5.74) is 0.293. The van der Waals surface area contributed by atoms with Crippen molar-refractivity contribution in [3.05, 3.63) is 52.6 Å². The lowest BCUT2D eigenvalue weighted by Crippen LogP contribution is -2.49. The molecule has 128 valence electrons. The molecule has 7 heteroatoms. The Morgan fingerprint density at radius 1 is 1.29 bits per heavy atom. The fourth-order valence-corrected chi connectivity index (χ4v) is 2.78. The summed E-state index contributed by atoms with van der Waals surface area (Å²) in [5.74, 6) is -0.546. The quantitative estimate of drug-likeness (QED) is 0.914. The summed E-state index contributed by atoms with van der Waals surface area (Å²) in [7, 11) is 0. The van der Waals surface area contributed by atoms with Gasteiger partial charge < -0.3 is 15.0 Å². The van der Waals surface area contributed by atoms with Crippen molar-refractivity contribution in [3.8, 4) is 5.88 Å². The second kappa shape index (κ2) is 7.32. The highest BCUT2D eigenvalue weighted by atomic mass is 35.5. The zero-order valence-electron chi connectivity index (χ0n) is 13.2. The number of hydrogen-bond donors (Lipinski definition) is 1. The zero-order chi connectivity index (χ0) is 17.1. The van der Waals surface area contributed by atoms with E-state index < -0.39 is 11.6 Å². The molecule has 1 saturated heterocycles. The Hall–Kier alpha value is -1.92. The molecule has 0 unspecified atom stereocenters. The Morgan fingerprint density at radius 3 is 2.88 bits per heavy atom. The van der Waals surface area contributed by atoms with Crippen molar-refractivity contribution >= 4 is 17.4 Å². The van der Waals surface area contributed by atoms with Crippen LogP contribution < -0.4 is 15.0 Å². The van der Waals surface area contributed by atoms with Crippen molar-refractivity contribution in [1.82, 2.24) is 10.3 Å². The Kier molecular flexibility index (Phi) is 5.16. The topological polar surface area (TPSA) is 37.4 Å². The summed E-state index contributed by atoms with van der Waals surface area (Å²) >= 11 is 5.71. The smallest absolute Gasteiger partial charge is 0.252 e. The minimum Gasteiger partial charge on any atom is -0.471 e. The monoisotopic (exact) mass is 353 g/mol. The van der Waals surface area contributed by atoms with Crippen LogP contribution in [0.2, 0.25) is 5.02 Å². The third-order valence-corrected chi connectivity index (χ3v) is 4.11. The second-order valence-electron chi connectivity index (χ2n) is 5.78. The SMILES string of the molecule is C[C@H]1CN(c2ccc(F)c(OCc3ccc(Cl)cc3F)n2)CCN1. The Balaban J connectivity index is 1.74. The van der Waals surface area contributed by atoms with Gasteiger partial charge in [-0.25, -0.2) is 8.78 Å². The number of pyridine rings is 1. The van der Waals surface area contributed by atoms with E-state index in [0.717, 1.165) is 19.6 Å². The van der Waals surface area contributed by atoms with Gasteiger partial charge in [-0.2, -0.15) is 4.98 Å². The molecule has 2 heterocycles. The maximum Gasteiger partial charge on any atom is 0.252 e. The van der Waals surface area contributed by atoms with Crippen LogP contribution in [0.3, 0.4) is 0 Å². The average Bonchev–Trinajstić information content (AvgIpc) is 2.55. The van der Waals surface area contributed by atoms with Crippen molar-refractivity contribution < 1.29 is 13.5 Å². The highest BCUT2D eigenvalue weighted by Gasteiger charge is 2.18. The largest absolute Gasteiger partial charge is 0.471 e. The van der Waals surface area contributed by atoms with Gasteiger partial charge in [0.05, 0.1) is 0 Å². The summed E-state index contributed by atoms with van der Waals surface area (Å²) in [5, 5.41) is 3.64. The third kappa shape index (κ3) is 3.94. The predicted molar refractivity (Wildman–Crippen MR) is 89.6 cm³/mol. The molecule has 0 amide bonds. The molecule has 1 aliphatic rings. The molecule has 1 aromatic carbocycles. The van der Waals surface area contributed by atoms with Crippen molar-refractivity contribution in [2.45, 2.75) is 19.6 Å². The van der Waals surface area contributed by atoms with Crippen LogP contribution in [0.5, 0.6) is 5.88 Å². The van der Waals surface area contributed by atoms with Crippen LogP contribution in [0, 0.1) is 11.6 Å². The van der Waals surface area contributed by atoms with Crippen LogP contribution in [-0.4, -0.2) is 30.7 Å². The second-order valence-corrected chi connectivity index (χ2v) is 6.22. The molecule has 0 bridgehead atoms. The van der Waals surface area contributed by atoms with E-state index in [1.807, 2.05) is 0 Å². The molecule has 1 atom stereocenters. The molecule has 2 aromatic rings. The standard InChI is InChI=1S/C17H18ClF2N3O/c1-11-9-23(7-6-21-11)16-5-4-14(19)17(22-16)24-10-12-2-3-13(18)8-15(12)20/h2-5,8,11,21H,6-7,9-10H2,1H3/t11-/m0/s1. The molecule has 24 heavy (non-hydrogen) atoms. The highest BCUT2D eigenvalue weighted by molar-refractivity contribution is 6.30. The average molecular weight is 354 g/mol. The van der Waals surface area contributed by atoms with Crippen LogP contribution in [-0.2, 0) is 6.61 Å². The molecule has 0 aliphatic carbocycles. The lowest BCUT2D eigenvalue weighted by atomic mass is 10.2. The van der Waals surface area contributed by atoms with Crippen molar-refractivity contribution in [3.63, 3.8) is 0 Å². The lowest BCUT2D eigenvalue weighted by molar-refractivity contribution is 0.272. The number of aromatic nitrogens is 1. The molecule has 3 rings (SSSR count). The fraction of sp³-hybridized carbons (Fsp3) is 0.353. The number of nitrogens with one attached hydrogen (secondary N) is 1. The van der Waals surface area contributed by atoms with Crippen LogP contribution in [0.1, 0.15) is 12.5 Å². The Morgan fingerprint density at radius 2 is 2.12 bits per heavy atom. The molecular formula is C17H18ClF2N3O. The summed E-state index contributed by atoms with van der Waals surface area (Å²) in [6, 6.07) is 7.55. The summed E-state index contributed by atoms with van der Waals surface area (Å²) < 4.78 is 33.1. The van der Waals surface area contributed by atoms with E-state index in [9.17, 15) is 8.78 Å². The molecule has 1 fully saturated rings. The van der Waals surface area contributed by atoms with Gasteiger partial charge in [0.2, 0.25) is 0 Å². The number of rotatable bonds is 4. The highest BCUT2D eigenvalue weighted by Crippen LogP contribution is 2.23. The number of benzene rings is 1. The molecule has 0 saturated carbocycles. The summed E-state index contributed by atoms with van der Waals surface area (Å²) in [6.07, 6.45) is 0. The van der Waals surface area contributed by atoms with Gasteiger partial charge in [-0.05, 0) is 31.2 Å². The van der Waals surface area contributed by atoms with E-state index in [1.165, 1.54) is 18.2 Å². The van der Waals surface area contributed by atoms with Gasteiger partial charge in [-0.1, -0.05) is 17.7 Å². The van der Waals surface area contributed by atoms with Crippen LogP contribution >= 0.6 is 11.6 Å². The van der Waals surface area contributed by atoms with E-state index in [1.54, 1.807) is 12.1 Å². The molecular weight excluding hydrogens is 336 g/mol. The molecule has 0 radical (unpaired) electrons. The number of anilines is 1. The maximum absolute atomic E-state index is 13.9. The Labute approximate surface area is 144 Å². The molecule has 0 spiro atoms. The van der Waals surface area contributed by atoms with Gasteiger partial charge >= 0.3 is 0 Å². The first-order valence-electron chi connectivity index (χ1n) is 7.74. The van der Waals surface area contributed by atoms with Gasteiger partial charge in [0.1, 0.15) is 18.2 Å². The van der Waals surface area contributed by atoms with Crippen LogP contribution in [0.4, 0.5) is 14.6 Å². The third-order valence-electron chi connectivity index (χ3n) is 3.87. The Bertz CT molecular complexity index is 729. The van der Waals surface area contributed by atoms with Gasteiger partial charge in [-0.15, -0.1) is 0 Å². The normalized spacial score (nSPS) is 17.8. The van der Waals surface area contributed by atoms with Gasteiger partial charge in [0.15, 0.2) is 5.82 Å². The zero-order valence-corrected chi connectivity index (χ0v) is 14.0. The number of hydrogen-bond acceptors (Lipinski definition) is 4. The number of halogens is 3. The van der Waals surface area contributed by atoms with Gasteiger partial charge in [0, 0.05) is 36.3 Å². The van der Waals surface area contributed by atoms with Crippen molar-refractivity contribution in [1.29, 1.82) is 0 Å². The van der Waals surface area contributed by atoms with Crippen LogP contribution in [0.25, 0.3) is 0 Å². The van der Waals surface area contributed by atoms with Crippen molar-refractivity contribution in [2.75, 3.05) is 24.5 Å². The number of nitrogens with zero attached hydrogens (tertiary/aromatic N) is 2. The predicted octanol–water partition coefficient (Wildman–Crippen LogP) is 3.39. The van der Waals surface area contributed by atoms with E-state index in [-0.39, 0.29) is 12.5 Å². The first-order valence-corrected chi connectivity index (χ1v) is 8.12. The lowest BCUT2D eigenvalue weighted by Gasteiger charge is -2.32. The van der Waals surface area contributed by atoms with Gasteiger partial charge in [0.25, 0.3) is 5.88 Å². The molecule has 1 aliphatic heterocycles. The first-order chi connectivity index (χ1) is 11.5. The first kappa shape index (κ1) is 16.9.